The topological polar surface area (TPSA) is 97.5 Å². The molecular weight excluding hydrogens is 230 g/mol. The number of sulfone groups is 1. The second-order valence-electron chi connectivity index (χ2n) is 3.54. The number of nitrogens with two attached hydrogens (primary N) is 1. The minimum absolute atomic E-state index is 0.130. The van der Waals surface area contributed by atoms with Crippen molar-refractivity contribution in [1.29, 1.82) is 0 Å². The highest BCUT2D eigenvalue weighted by molar-refractivity contribution is 7.90. The predicted molar refractivity (Wildman–Crippen MR) is 58.7 cm³/mol. The zero-order chi connectivity index (χ0) is 12.3. The lowest BCUT2D eigenvalue weighted by Gasteiger charge is -2.05. The van der Waals surface area contributed by atoms with Gasteiger partial charge in [0, 0.05) is 12.7 Å². The summed E-state index contributed by atoms with van der Waals surface area (Å²) >= 11 is 0. The third kappa shape index (κ3) is 3.23. The van der Waals surface area contributed by atoms with Gasteiger partial charge in [-0.05, 0) is 24.1 Å². The van der Waals surface area contributed by atoms with Crippen LogP contribution in [-0.4, -0.2) is 25.7 Å². The summed E-state index contributed by atoms with van der Waals surface area (Å²) in [6.45, 7) is 0. The van der Waals surface area contributed by atoms with Crippen molar-refractivity contribution in [2.24, 2.45) is 5.73 Å². The number of aromatic hydroxyl groups is 1. The molecule has 88 valence electrons. The van der Waals surface area contributed by atoms with Gasteiger partial charge in [-0.25, -0.2) is 8.42 Å². The van der Waals surface area contributed by atoms with Gasteiger partial charge in [-0.3, -0.25) is 4.79 Å². The minimum atomic E-state index is -3.46. The molecule has 0 atom stereocenters. The van der Waals surface area contributed by atoms with Crippen LogP contribution < -0.4 is 5.73 Å². The van der Waals surface area contributed by atoms with Gasteiger partial charge in [0.2, 0.25) is 5.91 Å². The highest BCUT2D eigenvalue weighted by Gasteiger charge is 2.13. The fourth-order valence-electron chi connectivity index (χ4n) is 1.28. The number of aryl methyl sites for hydroxylation is 1. The molecule has 0 saturated heterocycles. The number of hydrogen-bond acceptors (Lipinski definition) is 4. The number of amides is 1. The van der Waals surface area contributed by atoms with Crippen molar-refractivity contribution < 1.29 is 18.3 Å². The number of phenolic OH excluding ortho intramolecular Hbond substituents is 1. The minimum Gasteiger partial charge on any atom is -0.507 e. The fraction of sp³-hybridized carbons (Fsp3) is 0.300. The molecule has 1 rings (SSSR count). The van der Waals surface area contributed by atoms with Gasteiger partial charge < -0.3 is 10.8 Å². The van der Waals surface area contributed by atoms with Crippen LogP contribution in [0.3, 0.4) is 0 Å². The Morgan fingerprint density at radius 3 is 2.56 bits per heavy atom. The van der Waals surface area contributed by atoms with Gasteiger partial charge >= 0.3 is 0 Å². The fourth-order valence-corrected chi connectivity index (χ4v) is 2.09. The van der Waals surface area contributed by atoms with Crippen LogP contribution in [0.1, 0.15) is 12.0 Å². The SMILES string of the molecule is CS(=O)(=O)c1cc(CCC(N)=O)ccc1O. The summed E-state index contributed by atoms with van der Waals surface area (Å²) in [4.78, 5) is 10.4. The van der Waals surface area contributed by atoms with Gasteiger partial charge in [0.15, 0.2) is 9.84 Å². The van der Waals surface area contributed by atoms with E-state index < -0.39 is 15.7 Å². The van der Waals surface area contributed by atoms with E-state index >= 15 is 0 Å². The van der Waals surface area contributed by atoms with Crippen molar-refractivity contribution in [1.82, 2.24) is 0 Å². The molecule has 0 spiro atoms. The summed E-state index contributed by atoms with van der Waals surface area (Å²) < 4.78 is 22.6. The molecule has 0 saturated carbocycles. The summed E-state index contributed by atoms with van der Waals surface area (Å²) in [5.41, 5.74) is 5.64. The van der Waals surface area contributed by atoms with Gasteiger partial charge in [-0.15, -0.1) is 0 Å². The molecule has 3 N–H and O–H groups in total. The van der Waals surface area contributed by atoms with E-state index in [-0.39, 0.29) is 17.1 Å². The maximum atomic E-state index is 11.3. The first-order valence-corrected chi connectivity index (χ1v) is 6.50. The Hall–Kier alpha value is -1.56. The van der Waals surface area contributed by atoms with Crippen LogP contribution >= 0.6 is 0 Å². The lowest BCUT2D eigenvalue weighted by Crippen LogP contribution is -2.11. The van der Waals surface area contributed by atoms with Gasteiger partial charge in [0.25, 0.3) is 0 Å². The average Bonchev–Trinajstić information content (AvgIpc) is 2.14. The highest BCUT2D eigenvalue weighted by Crippen LogP contribution is 2.23. The normalized spacial score (nSPS) is 11.3. The first kappa shape index (κ1) is 12.5. The molecule has 1 aromatic carbocycles. The van der Waals surface area contributed by atoms with Crippen molar-refractivity contribution >= 4 is 15.7 Å². The Morgan fingerprint density at radius 1 is 1.44 bits per heavy atom. The maximum absolute atomic E-state index is 11.3. The molecule has 0 aliphatic carbocycles. The Labute approximate surface area is 93.8 Å². The van der Waals surface area contributed by atoms with Gasteiger partial charge in [0.05, 0.1) is 0 Å². The third-order valence-corrected chi connectivity index (χ3v) is 3.21. The van der Waals surface area contributed by atoms with Crippen LogP contribution in [0, 0.1) is 0 Å². The van der Waals surface area contributed by atoms with Crippen molar-refractivity contribution in [3.8, 4) is 5.75 Å². The van der Waals surface area contributed by atoms with Crippen LogP contribution in [0.4, 0.5) is 0 Å². The van der Waals surface area contributed by atoms with Crippen LogP contribution in [0.15, 0.2) is 23.1 Å². The first-order valence-electron chi connectivity index (χ1n) is 4.61. The monoisotopic (exact) mass is 243 g/mol. The summed E-state index contributed by atoms with van der Waals surface area (Å²) in [5.74, 6) is -0.737. The number of benzene rings is 1. The van der Waals surface area contributed by atoms with E-state index in [4.69, 9.17) is 5.73 Å². The van der Waals surface area contributed by atoms with Crippen LogP contribution in [0.2, 0.25) is 0 Å². The highest BCUT2D eigenvalue weighted by atomic mass is 32.2. The van der Waals surface area contributed by atoms with Gasteiger partial charge in [-0.1, -0.05) is 6.07 Å². The molecule has 5 nitrogen and oxygen atoms in total. The van der Waals surface area contributed by atoms with E-state index in [0.29, 0.717) is 12.0 Å². The molecule has 1 aromatic rings. The second kappa shape index (κ2) is 4.52. The molecule has 0 aliphatic rings. The third-order valence-electron chi connectivity index (χ3n) is 2.08. The summed E-state index contributed by atoms with van der Waals surface area (Å²) in [6, 6.07) is 4.22. The molecule has 0 radical (unpaired) electrons. The smallest absolute Gasteiger partial charge is 0.217 e. The van der Waals surface area contributed by atoms with E-state index in [1.54, 1.807) is 6.07 Å². The Bertz CT molecular complexity index is 508. The van der Waals surface area contributed by atoms with Crippen LogP contribution in [0.25, 0.3) is 0 Å². The Morgan fingerprint density at radius 2 is 2.06 bits per heavy atom. The zero-order valence-corrected chi connectivity index (χ0v) is 9.62. The number of hydrogen-bond donors (Lipinski definition) is 2. The number of carbonyl (C=O) groups excluding carboxylic acids is 1. The molecule has 0 aliphatic heterocycles. The summed E-state index contributed by atoms with van der Waals surface area (Å²) in [7, 11) is -3.46. The maximum Gasteiger partial charge on any atom is 0.217 e. The van der Waals surface area contributed by atoms with Crippen LogP contribution in [-0.2, 0) is 21.1 Å². The van der Waals surface area contributed by atoms with Crippen molar-refractivity contribution in [3.05, 3.63) is 23.8 Å². The predicted octanol–water partition coefficient (Wildman–Crippen LogP) is 0.214. The molecule has 0 bridgehead atoms. The van der Waals surface area contributed by atoms with Gasteiger partial charge in [0.1, 0.15) is 10.6 Å². The molecule has 16 heavy (non-hydrogen) atoms. The number of carbonyl (C=O) groups is 1. The van der Waals surface area contributed by atoms with E-state index in [0.717, 1.165) is 6.26 Å². The average molecular weight is 243 g/mol. The first-order chi connectivity index (χ1) is 7.30. The Kier molecular flexibility index (Phi) is 3.54. The molecule has 0 fully saturated rings. The van der Waals surface area contributed by atoms with E-state index in [9.17, 15) is 18.3 Å². The number of rotatable bonds is 4. The zero-order valence-electron chi connectivity index (χ0n) is 8.80. The van der Waals surface area contributed by atoms with E-state index in [1.165, 1.54) is 12.1 Å². The van der Waals surface area contributed by atoms with Crippen molar-refractivity contribution in [2.45, 2.75) is 17.7 Å². The quantitative estimate of drug-likeness (QED) is 0.790. The standard InChI is InChI=1S/C10H13NO4S/c1-16(14,15)9-6-7(2-4-8(9)12)3-5-10(11)13/h2,4,6,12H,3,5H2,1H3,(H2,11,13). The largest absolute Gasteiger partial charge is 0.507 e. The van der Waals surface area contributed by atoms with Gasteiger partial charge in [-0.2, -0.15) is 0 Å². The molecule has 0 unspecified atom stereocenters. The lowest BCUT2D eigenvalue weighted by atomic mass is 10.1. The second-order valence-corrected chi connectivity index (χ2v) is 5.52. The molecular formula is C10H13NO4S. The van der Waals surface area contributed by atoms with Crippen molar-refractivity contribution in [3.63, 3.8) is 0 Å². The summed E-state index contributed by atoms with van der Waals surface area (Å²) in [5, 5.41) is 9.38. The number of primary amides is 1. The Balaban J connectivity index is 3.04. The molecule has 0 heterocycles. The van der Waals surface area contributed by atoms with Crippen LogP contribution in [0.5, 0.6) is 5.75 Å². The van der Waals surface area contributed by atoms with E-state index in [2.05, 4.69) is 0 Å². The molecule has 6 heteroatoms. The molecule has 0 aromatic heterocycles. The van der Waals surface area contributed by atoms with E-state index in [1.807, 2.05) is 0 Å². The summed E-state index contributed by atoms with van der Waals surface area (Å²) in [6.07, 6.45) is 1.52. The molecule has 1 amide bonds. The lowest BCUT2D eigenvalue weighted by molar-refractivity contribution is -0.117. The number of phenols is 1. The van der Waals surface area contributed by atoms with Crippen molar-refractivity contribution in [2.75, 3.05) is 6.26 Å².